The Balaban J connectivity index is 1.81. The summed E-state index contributed by atoms with van der Waals surface area (Å²) >= 11 is 0. The fourth-order valence-corrected chi connectivity index (χ4v) is 2.07. The fourth-order valence-electron chi connectivity index (χ4n) is 2.07. The average Bonchev–Trinajstić information content (AvgIpc) is 2.48. The molecule has 2 aromatic rings. The third-order valence-corrected chi connectivity index (χ3v) is 3.19. The standard InChI is InChI=1S/C18H19NO3/c1-13-6-5-8-15(10-13)11-17(20)19-12-18(21)22-16-9-4-3-7-14(16)2/h3-10H,11-12H2,1-2H3,(H,19,20). The van der Waals surface area contributed by atoms with Crippen molar-refractivity contribution < 1.29 is 14.3 Å². The maximum atomic E-state index is 11.8. The van der Waals surface area contributed by atoms with Crippen LogP contribution in [-0.2, 0) is 16.0 Å². The molecule has 0 spiro atoms. The van der Waals surface area contributed by atoms with Gasteiger partial charge in [-0.05, 0) is 31.0 Å². The number of carbonyl (C=O) groups is 2. The van der Waals surface area contributed by atoms with Crippen LogP contribution in [0.2, 0.25) is 0 Å². The van der Waals surface area contributed by atoms with E-state index in [0.29, 0.717) is 5.75 Å². The molecule has 0 aromatic heterocycles. The number of esters is 1. The van der Waals surface area contributed by atoms with Crippen LogP contribution in [0.15, 0.2) is 48.5 Å². The molecule has 0 fully saturated rings. The molecule has 22 heavy (non-hydrogen) atoms. The molecule has 4 heteroatoms. The zero-order chi connectivity index (χ0) is 15.9. The van der Waals surface area contributed by atoms with Gasteiger partial charge >= 0.3 is 5.97 Å². The Bertz CT molecular complexity index is 680. The first kappa shape index (κ1) is 15.8. The summed E-state index contributed by atoms with van der Waals surface area (Å²) in [4.78, 5) is 23.6. The van der Waals surface area contributed by atoms with Gasteiger partial charge in [-0.3, -0.25) is 4.79 Å². The Hall–Kier alpha value is -2.62. The molecule has 0 atom stereocenters. The first-order chi connectivity index (χ1) is 10.5. The summed E-state index contributed by atoms with van der Waals surface area (Å²) in [6.07, 6.45) is 0.249. The number of hydrogen-bond donors (Lipinski definition) is 1. The molecule has 0 bridgehead atoms. The molecule has 4 nitrogen and oxygen atoms in total. The van der Waals surface area contributed by atoms with Gasteiger partial charge < -0.3 is 10.1 Å². The van der Waals surface area contributed by atoms with Crippen LogP contribution in [-0.4, -0.2) is 18.4 Å². The summed E-state index contributed by atoms with van der Waals surface area (Å²) in [5.74, 6) is -0.167. The zero-order valence-electron chi connectivity index (χ0n) is 12.8. The van der Waals surface area contributed by atoms with E-state index in [2.05, 4.69) is 5.32 Å². The molecule has 1 N–H and O–H groups in total. The molecule has 114 valence electrons. The Morgan fingerprint density at radius 2 is 1.82 bits per heavy atom. The first-order valence-corrected chi connectivity index (χ1v) is 7.13. The van der Waals surface area contributed by atoms with Crippen molar-refractivity contribution in [3.05, 3.63) is 65.2 Å². The molecular formula is C18H19NO3. The molecule has 1 amide bonds. The molecule has 0 heterocycles. The number of nitrogens with one attached hydrogen (secondary N) is 1. The van der Waals surface area contributed by atoms with E-state index in [1.54, 1.807) is 12.1 Å². The first-order valence-electron chi connectivity index (χ1n) is 7.13. The van der Waals surface area contributed by atoms with Crippen LogP contribution in [0.1, 0.15) is 16.7 Å². The molecule has 0 aliphatic carbocycles. The number of amides is 1. The van der Waals surface area contributed by atoms with Crippen LogP contribution in [0, 0.1) is 13.8 Å². The van der Waals surface area contributed by atoms with Gasteiger partial charge in [-0.25, -0.2) is 4.79 Å². The van der Waals surface area contributed by atoms with E-state index in [-0.39, 0.29) is 18.9 Å². The molecule has 0 aliphatic heterocycles. The molecule has 2 rings (SSSR count). The van der Waals surface area contributed by atoms with Crippen molar-refractivity contribution in [2.45, 2.75) is 20.3 Å². The van der Waals surface area contributed by atoms with E-state index < -0.39 is 5.97 Å². The highest BCUT2D eigenvalue weighted by Crippen LogP contribution is 2.15. The van der Waals surface area contributed by atoms with E-state index in [0.717, 1.165) is 16.7 Å². The lowest BCUT2D eigenvalue weighted by atomic mass is 10.1. The van der Waals surface area contributed by atoms with Crippen molar-refractivity contribution >= 4 is 11.9 Å². The summed E-state index contributed by atoms with van der Waals surface area (Å²) in [6.45, 7) is 3.69. The summed E-state index contributed by atoms with van der Waals surface area (Å²) in [7, 11) is 0. The zero-order valence-corrected chi connectivity index (χ0v) is 12.8. The van der Waals surface area contributed by atoms with Gasteiger partial charge in [0.1, 0.15) is 12.3 Å². The number of carbonyl (C=O) groups excluding carboxylic acids is 2. The summed E-state index contributed by atoms with van der Waals surface area (Å²) in [5, 5.41) is 2.58. The molecule has 0 unspecified atom stereocenters. The molecular weight excluding hydrogens is 278 g/mol. The van der Waals surface area contributed by atoms with Gasteiger partial charge in [0, 0.05) is 0 Å². The molecule has 0 saturated carbocycles. The summed E-state index contributed by atoms with van der Waals surface area (Å²) in [5.41, 5.74) is 2.90. The van der Waals surface area contributed by atoms with E-state index >= 15 is 0 Å². The lowest BCUT2D eigenvalue weighted by Gasteiger charge is -2.08. The van der Waals surface area contributed by atoms with E-state index in [1.807, 2.05) is 50.2 Å². The number of hydrogen-bond acceptors (Lipinski definition) is 3. The summed E-state index contributed by atoms with van der Waals surface area (Å²) in [6, 6.07) is 15.0. The number of para-hydroxylation sites is 1. The van der Waals surface area contributed by atoms with Crippen LogP contribution in [0.25, 0.3) is 0 Å². The minimum atomic E-state index is -0.480. The maximum Gasteiger partial charge on any atom is 0.330 e. The second-order valence-corrected chi connectivity index (χ2v) is 5.18. The largest absolute Gasteiger partial charge is 0.425 e. The quantitative estimate of drug-likeness (QED) is 0.681. The van der Waals surface area contributed by atoms with E-state index in [1.165, 1.54) is 0 Å². The second kappa shape index (κ2) is 7.41. The SMILES string of the molecule is Cc1cccc(CC(=O)NCC(=O)Oc2ccccc2C)c1. The fraction of sp³-hybridized carbons (Fsp3) is 0.222. The van der Waals surface area contributed by atoms with Crippen molar-refractivity contribution in [3.8, 4) is 5.75 Å². The van der Waals surface area contributed by atoms with Crippen LogP contribution >= 0.6 is 0 Å². The lowest BCUT2D eigenvalue weighted by molar-refractivity contribution is -0.135. The Morgan fingerprint density at radius 1 is 1.05 bits per heavy atom. The van der Waals surface area contributed by atoms with Gasteiger partial charge in [-0.1, -0.05) is 48.0 Å². The molecule has 0 saturated heterocycles. The van der Waals surface area contributed by atoms with Crippen LogP contribution < -0.4 is 10.1 Å². The van der Waals surface area contributed by atoms with E-state index in [9.17, 15) is 9.59 Å². The van der Waals surface area contributed by atoms with Gasteiger partial charge in [-0.15, -0.1) is 0 Å². The third-order valence-electron chi connectivity index (χ3n) is 3.19. The van der Waals surface area contributed by atoms with Gasteiger partial charge in [-0.2, -0.15) is 0 Å². The minimum Gasteiger partial charge on any atom is -0.425 e. The van der Waals surface area contributed by atoms with Gasteiger partial charge in [0.05, 0.1) is 6.42 Å². The predicted octanol–water partition coefficient (Wildman–Crippen LogP) is 2.57. The highest BCUT2D eigenvalue weighted by atomic mass is 16.5. The molecule has 0 aliphatic rings. The highest BCUT2D eigenvalue weighted by Gasteiger charge is 2.09. The third kappa shape index (κ3) is 4.74. The van der Waals surface area contributed by atoms with Crippen molar-refractivity contribution in [2.24, 2.45) is 0 Å². The maximum absolute atomic E-state index is 11.8. The van der Waals surface area contributed by atoms with Gasteiger partial charge in [0.2, 0.25) is 5.91 Å². The van der Waals surface area contributed by atoms with Crippen molar-refractivity contribution in [2.75, 3.05) is 6.54 Å². The Morgan fingerprint density at radius 3 is 2.55 bits per heavy atom. The number of benzene rings is 2. The van der Waals surface area contributed by atoms with Gasteiger partial charge in [0.25, 0.3) is 0 Å². The number of rotatable bonds is 5. The second-order valence-electron chi connectivity index (χ2n) is 5.18. The van der Waals surface area contributed by atoms with Gasteiger partial charge in [0.15, 0.2) is 0 Å². The Labute approximate surface area is 130 Å². The predicted molar refractivity (Wildman–Crippen MR) is 84.7 cm³/mol. The summed E-state index contributed by atoms with van der Waals surface area (Å²) < 4.78 is 5.21. The monoisotopic (exact) mass is 297 g/mol. The Kier molecular flexibility index (Phi) is 5.31. The lowest BCUT2D eigenvalue weighted by Crippen LogP contribution is -2.33. The van der Waals surface area contributed by atoms with Crippen molar-refractivity contribution in [3.63, 3.8) is 0 Å². The van der Waals surface area contributed by atoms with Crippen molar-refractivity contribution in [1.82, 2.24) is 5.32 Å². The van der Waals surface area contributed by atoms with Crippen molar-refractivity contribution in [1.29, 1.82) is 0 Å². The van der Waals surface area contributed by atoms with Crippen LogP contribution in [0.5, 0.6) is 5.75 Å². The minimum absolute atomic E-state index is 0.140. The topological polar surface area (TPSA) is 55.4 Å². The van der Waals surface area contributed by atoms with Crippen LogP contribution in [0.4, 0.5) is 0 Å². The van der Waals surface area contributed by atoms with E-state index in [4.69, 9.17) is 4.74 Å². The smallest absolute Gasteiger partial charge is 0.330 e. The molecule has 0 radical (unpaired) electrons. The molecule has 2 aromatic carbocycles. The number of ether oxygens (including phenoxy) is 1. The number of aryl methyl sites for hydroxylation is 2. The van der Waals surface area contributed by atoms with Crippen LogP contribution in [0.3, 0.4) is 0 Å². The average molecular weight is 297 g/mol. The highest BCUT2D eigenvalue weighted by molar-refractivity contribution is 5.84. The normalized spacial score (nSPS) is 10.1.